The Bertz CT molecular complexity index is 372. The van der Waals surface area contributed by atoms with E-state index in [0.29, 0.717) is 6.04 Å². The van der Waals surface area contributed by atoms with Crippen LogP contribution < -0.4 is 11.1 Å². The summed E-state index contributed by atoms with van der Waals surface area (Å²) >= 11 is 5.99. The van der Waals surface area contributed by atoms with Gasteiger partial charge in [-0.15, -0.1) is 0 Å². The van der Waals surface area contributed by atoms with Gasteiger partial charge in [-0.2, -0.15) is 0 Å². The van der Waals surface area contributed by atoms with E-state index in [1.54, 1.807) is 0 Å². The molecule has 2 rings (SSSR count). The average Bonchev–Trinajstić information content (AvgIpc) is 2.35. The van der Waals surface area contributed by atoms with E-state index in [0.717, 1.165) is 22.3 Å². The van der Waals surface area contributed by atoms with Crippen LogP contribution >= 0.6 is 11.6 Å². The van der Waals surface area contributed by atoms with Crippen molar-refractivity contribution in [3.05, 3.63) is 23.2 Å². The first-order chi connectivity index (χ1) is 8.16. The van der Waals surface area contributed by atoms with Gasteiger partial charge < -0.3 is 11.1 Å². The Morgan fingerprint density at radius 2 is 2.00 bits per heavy atom. The molecule has 1 aliphatic rings. The van der Waals surface area contributed by atoms with E-state index >= 15 is 0 Å². The van der Waals surface area contributed by atoms with E-state index in [-0.39, 0.29) is 0 Å². The number of anilines is 2. The second kappa shape index (κ2) is 5.63. The smallest absolute Gasteiger partial charge is 0.0591 e. The Labute approximate surface area is 109 Å². The summed E-state index contributed by atoms with van der Waals surface area (Å²) in [4.78, 5) is 0. The molecule has 94 valence electrons. The minimum atomic E-state index is 0.469. The molecule has 1 aromatic carbocycles. The van der Waals surface area contributed by atoms with Crippen LogP contribution in [0.2, 0.25) is 5.02 Å². The Hall–Kier alpha value is -0.890. The van der Waals surface area contributed by atoms with Crippen molar-refractivity contribution in [2.45, 2.75) is 45.1 Å². The SMILES string of the molecule is CC(Nc1cc(Cl)ccc1N)C1CCCCC1. The molecule has 0 spiro atoms. The molecular weight excluding hydrogens is 232 g/mol. The Balaban J connectivity index is 2.01. The minimum absolute atomic E-state index is 0.469. The lowest BCUT2D eigenvalue weighted by Gasteiger charge is -2.29. The first-order valence-electron chi connectivity index (χ1n) is 6.48. The summed E-state index contributed by atoms with van der Waals surface area (Å²) in [5.41, 5.74) is 7.69. The first-order valence-corrected chi connectivity index (χ1v) is 6.86. The molecule has 2 nitrogen and oxygen atoms in total. The molecule has 0 saturated heterocycles. The molecule has 1 aromatic rings. The maximum atomic E-state index is 5.99. The molecular formula is C14H21ClN2. The summed E-state index contributed by atoms with van der Waals surface area (Å²) < 4.78 is 0. The summed E-state index contributed by atoms with van der Waals surface area (Å²) in [5, 5.41) is 4.25. The van der Waals surface area contributed by atoms with Crippen molar-refractivity contribution in [3.8, 4) is 0 Å². The van der Waals surface area contributed by atoms with E-state index < -0.39 is 0 Å². The van der Waals surface area contributed by atoms with Gasteiger partial charge in [0.15, 0.2) is 0 Å². The van der Waals surface area contributed by atoms with E-state index in [9.17, 15) is 0 Å². The predicted molar refractivity (Wildman–Crippen MR) is 75.5 cm³/mol. The third kappa shape index (κ3) is 3.29. The Morgan fingerprint density at radius 1 is 1.29 bits per heavy atom. The number of rotatable bonds is 3. The van der Waals surface area contributed by atoms with Crippen molar-refractivity contribution in [3.63, 3.8) is 0 Å². The van der Waals surface area contributed by atoms with Gasteiger partial charge in [0.2, 0.25) is 0 Å². The van der Waals surface area contributed by atoms with Crippen LogP contribution in [0.4, 0.5) is 11.4 Å². The number of halogens is 1. The molecule has 1 aliphatic carbocycles. The van der Waals surface area contributed by atoms with Gasteiger partial charge in [0, 0.05) is 11.1 Å². The highest BCUT2D eigenvalue weighted by molar-refractivity contribution is 6.31. The quantitative estimate of drug-likeness (QED) is 0.787. The number of nitrogens with two attached hydrogens (primary N) is 1. The molecule has 0 bridgehead atoms. The maximum absolute atomic E-state index is 5.99. The van der Waals surface area contributed by atoms with Crippen LogP contribution in [0.5, 0.6) is 0 Å². The van der Waals surface area contributed by atoms with Crippen LogP contribution in [0.25, 0.3) is 0 Å². The molecule has 0 aliphatic heterocycles. The number of hydrogen-bond acceptors (Lipinski definition) is 2. The van der Waals surface area contributed by atoms with Crippen LogP contribution in [0, 0.1) is 5.92 Å². The monoisotopic (exact) mass is 252 g/mol. The predicted octanol–water partition coefficient (Wildman–Crippen LogP) is 4.30. The van der Waals surface area contributed by atoms with Crippen molar-refractivity contribution >= 4 is 23.0 Å². The molecule has 1 unspecified atom stereocenters. The second-order valence-corrected chi connectivity index (χ2v) is 5.50. The van der Waals surface area contributed by atoms with Crippen molar-refractivity contribution in [2.24, 2.45) is 5.92 Å². The molecule has 3 heteroatoms. The number of hydrogen-bond donors (Lipinski definition) is 2. The second-order valence-electron chi connectivity index (χ2n) is 5.06. The van der Waals surface area contributed by atoms with Crippen molar-refractivity contribution < 1.29 is 0 Å². The highest BCUT2D eigenvalue weighted by Gasteiger charge is 2.20. The maximum Gasteiger partial charge on any atom is 0.0591 e. The summed E-state index contributed by atoms with van der Waals surface area (Å²) in [7, 11) is 0. The topological polar surface area (TPSA) is 38.0 Å². The molecule has 0 amide bonds. The zero-order chi connectivity index (χ0) is 12.3. The molecule has 0 aromatic heterocycles. The molecule has 17 heavy (non-hydrogen) atoms. The molecule has 3 N–H and O–H groups in total. The molecule has 1 saturated carbocycles. The fourth-order valence-electron chi connectivity index (χ4n) is 2.65. The van der Waals surface area contributed by atoms with Crippen LogP contribution in [-0.4, -0.2) is 6.04 Å². The molecule has 1 fully saturated rings. The van der Waals surface area contributed by atoms with Gasteiger partial charge in [-0.25, -0.2) is 0 Å². The minimum Gasteiger partial charge on any atom is -0.397 e. The van der Waals surface area contributed by atoms with Gasteiger partial charge in [0.25, 0.3) is 0 Å². The Kier molecular flexibility index (Phi) is 4.16. The highest BCUT2D eigenvalue weighted by Crippen LogP contribution is 2.30. The third-order valence-electron chi connectivity index (χ3n) is 3.76. The standard InChI is InChI=1S/C14H21ClN2/c1-10(11-5-3-2-4-6-11)17-14-9-12(15)7-8-13(14)16/h7-11,17H,2-6,16H2,1H3. The normalized spacial score (nSPS) is 18.9. The lowest BCUT2D eigenvalue weighted by molar-refractivity contribution is 0.328. The van der Waals surface area contributed by atoms with Crippen molar-refractivity contribution in [2.75, 3.05) is 11.1 Å². The van der Waals surface area contributed by atoms with E-state index in [1.165, 1.54) is 32.1 Å². The summed E-state index contributed by atoms with van der Waals surface area (Å²) in [6, 6.07) is 6.07. The van der Waals surface area contributed by atoms with Crippen molar-refractivity contribution in [1.29, 1.82) is 0 Å². The summed E-state index contributed by atoms with van der Waals surface area (Å²) in [6.07, 6.45) is 6.77. The third-order valence-corrected chi connectivity index (χ3v) is 3.99. The summed E-state index contributed by atoms with van der Waals surface area (Å²) in [5.74, 6) is 0.766. The van der Waals surface area contributed by atoms with Gasteiger partial charge in [-0.1, -0.05) is 30.9 Å². The van der Waals surface area contributed by atoms with E-state index in [4.69, 9.17) is 17.3 Å². The van der Waals surface area contributed by atoms with Crippen LogP contribution in [0.3, 0.4) is 0 Å². The van der Waals surface area contributed by atoms with Crippen molar-refractivity contribution in [1.82, 2.24) is 0 Å². The summed E-state index contributed by atoms with van der Waals surface area (Å²) in [6.45, 7) is 2.25. The highest BCUT2D eigenvalue weighted by atomic mass is 35.5. The van der Waals surface area contributed by atoms with Gasteiger partial charge in [0.05, 0.1) is 11.4 Å². The largest absolute Gasteiger partial charge is 0.397 e. The van der Waals surface area contributed by atoms with Gasteiger partial charge in [0.1, 0.15) is 0 Å². The van der Waals surface area contributed by atoms with E-state index in [1.807, 2.05) is 18.2 Å². The number of nitrogens with one attached hydrogen (secondary N) is 1. The van der Waals surface area contributed by atoms with Crippen LogP contribution in [0.15, 0.2) is 18.2 Å². The zero-order valence-electron chi connectivity index (χ0n) is 10.4. The van der Waals surface area contributed by atoms with Gasteiger partial charge >= 0.3 is 0 Å². The van der Waals surface area contributed by atoms with Gasteiger partial charge in [-0.3, -0.25) is 0 Å². The lowest BCUT2D eigenvalue weighted by atomic mass is 9.84. The lowest BCUT2D eigenvalue weighted by Crippen LogP contribution is -2.28. The Morgan fingerprint density at radius 3 is 2.71 bits per heavy atom. The first kappa shape index (κ1) is 12.6. The van der Waals surface area contributed by atoms with Crippen LogP contribution in [0.1, 0.15) is 39.0 Å². The van der Waals surface area contributed by atoms with Gasteiger partial charge in [-0.05, 0) is 43.9 Å². The fourth-order valence-corrected chi connectivity index (χ4v) is 2.82. The fraction of sp³-hybridized carbons (Fsp3) is 0.571. The zero-order valence-corrected chi connectivity index (χ0v) is 11.1. The van der Waals surface area contributed by atoms with E-state index in [2.05, 4.69) is 12.2 Å². The number of nitrogen functional groups attached to an aromatic ring is 1. The van der Waals surface area contributed by atoms with Crippen LogP contribution in [-0.2, 0) is 0 Å². The molecule has 0 radical (unpaired) electrons. The average molecular weight is 253 g/mol. The molecule has 0 heterocycles. The molecule has 1 atom stereocenters. The number of benzene rings is 1.